The predicted octanol–water partition coefficient (Wildman–Crippen LogP) is 19.9. The molecule has 4 heterocycles. The highest BCUT2D eigenvalue weighted by molar-refractivity contribution is 5.44. The number of hydrogen-bond acceptors (Lipinski definition) is 12. The van der Waals surface area contributed by atoms with Crippen LogP contribution in [0, 0.1) is 17.8 Å². The summed E-state index contributed by atoms with van der Waals surface area (Å²) in [5.41, 5.74) is -0.225. The van der Waals surface area contributed by atoms with Gasteiger partial charge < -0.3 is 16.0 Å². The third-order valence-corrected chi connectivity index (χ3v) is 24.8. The van der Waals surface area contributed by atoms with Crippen LogP contribution in [0.2, 0.25) is 0 Å². The molecule has 6 aliphatic rings. The van der Waals surface area contributed by atoms with Crippen LogP contribution in [-0.2, 0) is 14.5 Å². The fourth-order valence-electron chi connectivity index (χ4n) is 18.9. The van der Waals surface area contributed by atoms with Gasteiger partial charge in [0.1, 0.15) is 0 Å². The van der Waals surface area contributed by atoms with Crippen LogP contribution in [0.5, 0.6) is 0 Å². The fraction of sp³-hybridized carbons (Fsp3) is 0.958. The average Bonchev–Trinajstić information content (AvgIpc) is 3.42. The zero-order valence-corrected chi connectivity index (χ0v) is 57.7. The van der Waals surface area contributed by atoms with Gasteiger partial charge in [0, 0.05) is 51.4 Å². The molecule has 0 amide bonds. The minimum Gasteiger partial charge on any atom is -0.351 e. The van der Waals surface area contributed by atoms with E-state index in [-0.39, 0.29) is 51.4 Å². The predicted molar refractivity (Wildman–Crippen MR) is 354 cm³/mol. The first-order valence-electron chi connectivity index (χ1n) is 37.1. The zero-order chi connectivity index (χ0) is 60.6. The van der Waals surface area contributed by atoms with E-state index in [0.29, 0.717) is 36.1 Å². The Bertz CT molecular complexity index is 1710. The number of hydroxylamine groups is 6. The molecule has 3 unspecified atom stereocenters. The van der Waals surface area contributed by atoms with E-state index in [1.54, 1.807) is 0 Å². The lowest BCUT2D eigenvalue weighted by molar-refractivity contribution is -0.332. The van der Waals surface area contributed by atoms with E-state index in [2.05, 4.69) is 135 Å². The Hall–Kier alpha value is -1.83. The number of nitrogens with zero attached hydrogens (tertiary/aromatic N) is 6. The van der Waals surface area contributed by atoms with Crippen molar-refractivity contribution in [3.05, 3.63) is 0 Å². The Morgan fingerprint density at radius 2 is 0.512 bits per heavy atom. The molecule has 3 aliphatic heterocycles. The molecule has 3 saturated heterocycles. The van der Waals surface area contributed by atoms with E-state index in [9.17, 15) is 0 Å². The Morgan fingerprint density at radius 3 is 0.679 bits per heavy atom. The summed E-state index contributed by atoms with van der Waals surface area (Å²) in [6, 6.07) is 0.621. The molecular formula is C72H135N9O3. The quantitative estimate of drug-likeness (QED) is 0.0623. The molecule has 3 aliphatic carbocycles. The van der Waals surface area contributed by atoms with Crippen molar-refractivity contribution in [2.45, 2.75) is 424 Å². The van der Waals surface area contributed by atoms with E-state index in [1.807, 2.05) is 0 Å². The highest BCUT2D eigenvalue weighted by Crippen LogP contribution is 2.54. The first-order chi connectivity index (χ1) is 40.7. The van der Waals surface area contributed by atoms with Crippen molar-refractivity contribution in [3.63, 3.8) is 0 Å². The molecule has 0 spiro atoms. The normalized spacial score (nSPS) is 25.3. The molecule has 1 aromatic heterocycles. The van der Waals surface area contributed by atoms with Gasteiger partial charge in [-0.1, -0.05) is 181 Å². The first kappa shape index (κ1) is 69.6. The first-order valence-corrected chi connectivity index (χ1v) is 37.1. The molecular weight excluding hydrogens is 1040 g/mol. The smallest absolute Gasteiger partial charge is 0.229 e. The van der Waals surface area contributed by atoms with Gasteiger partial charge in [0.15, 0.2) is 0 Å². The minimum absolute atomic E-state index is 0.0375. The Labute approximate surface area is 517 Å². The summed E-state index contributed by atoms with van der Waals surface area (Å²) in [6.45, 7) is 36.4. The lowest BCUT2D eigenvalue weighted by Gasteiger charge is -2.60. The maximum Gasteiger partial charge on any atom is 0.229 e. The van der Waals surface area contributed by atoms with Crippen LogP contribution in [0.3, 0.4) is 0 Å². The molecule has 0 bridgehead atoms. The van der Waals surface area contributed by atoms with Gasteiger partial charge in [0.05, 0.1) is 18.3 Å². The van der Waals surface area contributed by atoms with E-state index in [0.717, 1.165) is 172 Å². The van der Waals surface area contributed by atoms with Crippen LogP contribution in [0.25, 0.3) is 0 Å². The third kappa shape index (κ3) is 15.3. The number of piperidine rings is 3. The largest absolute Gasteiger partial charge is 0.351 e. The Morgan fingerprint density at radius 1 is 0.321 bits per heavy atom. The molecule has 84 heavy (non-hydrogen) atoms. The van der Waals surface area contributed by atoms with E-state index in [4.69, 9.17) is 29.5 Å². The minimum atomic E-state index is -0.0375. The molecule has 3 saturated carbocycles. The number of anilines is 3. The standard InChI is InChI=1S/C72H135N9O3/c1-16-40-61(55-49-67(19-4,20-5)79(68(21-6,22-7)50-55)82-58-43-34-31-35-44-58)73-64-76-65(74-62(41-17-2)56-51-69(23-8,24-9)80(70(25-10,26-11)52-56)83-59-45-36-32-37-46-59)78-66(77-64)75-63(42-18-3)57-53-71(27-12,28-13)81(72(29-14,30-15)54-57)84-60-47-38-33-39-48-60/h55-63H,16-54H2,1-15H3,(H3,73,74,75,76,77,78). The SMILES string of the molecule is CCCC(Nc1nc(NC(CCC)C2CC(CC)(CC)N(OC3CCCCC3)C(CC)(CC)C2)nc(NC(CCC)C2CC(CC)(CC)N(OC3CCCCC3)C(CC)(CC)C2)n1)C1CC(CC)(CC)N(OC2CCCCC2)C(CC)(CC)C1. The molecule has 12 nitrogen and oxygen atoms in total. The second kappa shape index (κ2) is 32.3. The lowest BCUT2D eigenvalue weighted by Crippen LogP contribution is -2.66. The maximum atomic E-state index is 7.41. The van der Waals surface area contributed by atoms with Gasteiger partial charge in [0.2, 0.25) is 17.8 Å². The number of rotatable bonds is 33. The monoisotopic (exact) mass is 1170 g/mol. The van der Waals surface area contributed by atoms with Gasteiger partial charge in [-0.05, 0) is 191 Å². The van der Waals surface area contributed by atoms with E-state index >= 15 is 0 Å². The van der Waals surface area contributed by atoms with Gasteiger partial charge in [0.25, 0.3) is 0 Å². The second-order valence-corrected chi connectivity index (χ2v) is 29.0. The summed E-state index contributed by atoms with van der Waals surface area (Å²) in [5.74, 6) is 3.48. The Kier molecular flexibility index (Phi) is 26.7. The van der Waals surface area contributed by atoms with Crippen molar-refractivity contribution in [3.8, 4) is 0 Å². The van der Waals surface area contributed by atoms with Crippen LogP contribution in [0.1, 0.15) is 354 Å². The molecule has 12 heteroatoms. The molecule has 3 atom stereocenters. The summed E-state index contributed by atoms with van der Waals surface area (Å²) in [7, 11) is 0. The second-order valence-electron chi connectivity index (χ2n) is 29.0. The van der Waals surface area contributed by atoms with Crippen LogP contribution < -0.4 is 16.0 Å². The average molecular weight is 1170 g/mol. The highest BCUT2D eigenvalue weighted by Gasteiger charge is 2.58. The number of nitrogens with one attached hydrogen (secondary N) is 3. The summed E-state index contributed by atoms with van der Waals surface area (Å²) in [4.78, 5) is 39.1. The topological polar surface area (TPSA) is 112 Å². The fourth-order valence-corrected chi connectivity index (χ4v) is 18.9. The van der Waals surface area contributed by atoms with Crippen LogP contribution in [0.15, 0.2) is 0 Å². The van der Waals surface area contributed by atoms with Gasteiger partial charge in [-0.2, -0.15) is 30.1 Å². The van der Waals surface area contributed by atoms with Crippen molar-refractivity contribution < 1.29 is 14.5 Å². The molecule has 7 rings (SSSR count). The molecule has 6 fully saturated rings. The van der Waals surface area contributed by atoms with Crippen LogP contribution in [-0.4, -0.2) is 99.8 Å². The lowest BCUT2D eigenvalue weighted by atomic mass is 9.66. The van der Waals surface area contributed by atoms with Crippen molar-refractivity contribution in [2.75, 3.05) is 16.0 Å². The van der Waals surface area contributed by atoms with Crippen molar-refractivity contribution >= 4 is 17.8 Å². The number of hydrogen-bond donors (Lipinski definition) is 3. The van der Waals surface area contributed by atoms with E-state index < -0.39 is 0 Å². The summed E-state index contributed by atoms with van der Waals surface area (Å²) >= 11 is 0. The van der Waals surface area contributed by atoms with Crippen molar-refractivity contribution in [2.24, 2.45) is 17.8 Å². The van der Waals surface area contributed by atoms with Crippen molar-refractivity contribution in [1.82, 2.24) is 30.1 Å². The van der Waals surface area contributed by atoms with Gasteiger partial charge in [-0.15, -0.1) is 0 Å². The molecule has 0 radical (unpaired) electrons. The van der Waals surface area contributed by atoms with Gasteiger partial charge in [-0.3, -0.25) is 14.5 Å². The summed E-state index contributed by atoms with van der Waals surface area (Å²) in [5, 5.41) is 20.7. The van der Waals surface area contributed by atoms with Crippen LogP contribution in [0.4, 0.5) is 17.8 Å². The van der Waals surface area contributed by atoms with Gasteiger partial charge in [-0.25, -0.2) is 0 Å². The summed E-state index contributed by atoms with van der Waals surface area (Å²) < 4.78 is 0. The number of aromatic nitrogens is 3. The highest BCUT2D eigenvalue weighted by atomic mass is 16.7. The van der Waals surface area contributed by atoms with E-state index in [1.165, 1.54) is 96.3 Å². The summed E-state index contributed by atoms with van der Waals surface area (Å²) in [6.07, 6.45) is 46.0. The van der Waals surface area contributed by atoms with Gasteiger partial charge >= 0.3 is 0 Å². The van der Waals surface area contributed by atoms with Crippen molar-refractivity contribution in [1.29, 1.82) is 0 Å². The molecule has 0 aromatic carbocycles. The van der Waals surface area contributed by atoms with Crippen LogP contribution >= 0.6 is 0 Å². The Balaban J connectivity index is 1.29. The molecule has 3 N–H and O–H groups in total. The molecule has 486 valence electrons. The molecule has 1 aromatic rings. The third-order valence-electron chi connectivity index (χ3n) is 24.8. The zero-order valence-electron chi connectivity index (χ0n) is 57.7. The maximum absolute atomic E-state index is 7.41.